The predicted molar refractivity (Wildman–Crippen MR) is 119 cm³/mol. The maximum Gasteiger partial charge on any atom is 0.296 e. The van der Waals surface area contributed by atoms with Gasteiger partial charge in [-0.15, -0.1) is 0 Å². The third-order valence-corrected chi connectivity index (χ3v) is 4.98. The molecule has 0 fully saturated rings. The summed E-state index contributed by atoms with van der Waals surface area (Å²) in [6, 6.07) is 19.3. The SMILES string of the molecule is CCC.COS(=O)(=O)c1ccc(N=Nc2ccc(NCc3ccccn3)cc2)cc1. The number of azo groups is 1. The van der Waals surface area contributed by atoms with Gasteiger partial charge in [0.1, 0.15) is 0 Å². The van der Waals surface area contributed by atoms with E-state index in [-0.39, 0.29) is 4.90 Å². The highest BCUT2D eigenvalue weighted by Crippen LogP contribution is 2.22. The van der Waals surface area contributed by atoms with Crippen LogP contribution >= 0.6 is 0 Å². The highest BCUT2D eigenvalue weighted by Gasteiger charge is 2.11. The maximum absolute atomic E-state index is 11.6. The number of pyridine rings is 1. The molecule has 158 valence electrons. The number of rotatable bonds is 7. The molecule has 8 heteroatoms. The second-order valence-electron chi connectivity index (χ2n) is 6.24. The Kier molecular flexibility index (Phi) is 9.11. The van der Waals surface area contributed by atoms with Gasteiger partial charge in [-0.3, -0.25) is 9.17 Å². The minimum absolute atomic E-state index is 0.0762. The largest absolute Gasteiger partial charge is 0.379 e. The summed E-state index contributed by atoms with van der Waals surface area (Å²) in [6.07, 6.45) is 3.01. The van der Waals surface area contributed by atoms with Crippen molar-refractivity contribution in [1.29, 1.82) is 0 Å². The van der Waals surface area contributed by atoms with E-state index >= 15 is 0 Å². The molecule has 0 amide bonds. The fourth-order valence-corrected chi connectivity index (χ4v) is 2.89. The van der Waals surface area contributed by atoms with Crippen molar-refractivity contribution in [2.45, 2.75) is 31.7 Å². The van der Waals surface area contributed by atoms with Crippen molar-refractivity contribution in [3.8, 4) is 0 Å². The van der Waals surface area contributed by atoms with E-state index in [0.717, 1.165) is 18.5 Å². The van der Waals surface area contributed by atoms with Gasteiger partial charge in [0.2, 0.25) is 0 Å². The number of hydrogen-bond acceptors (Lipinski definition) is 7. The molecule has 0 saturated carbocycles. The quantitative estimate of drug-likeness (QED) is 0.377. The fourth-order valence-electron chi connectivity index (χ4n) is 2.23. The molecule has 1 N–H and O–H groups in total. The highest BCUT2D eigenvalue weighted by atomic mass is 32.2. The zero-order valence-corrected chi connectivity index (χ0v) is 18.1. The van der Waals surface area contributed by atoms with Crippen LogP contribution in [0.15, 0.2) is 88.1 Å². The standard InChI is InChI=1S/C19H18N4O3S.C3H8/c1-26-27(24,25)19-11-9-17(10-12-19)23-22-16-7-5-15(6-8-16)21-14-18-4-2-3-13-20-18;1-3-2/h2-13,21H,14H2,1H3;3H2,1-2H3. The number of nitrogens with one attached hydrogen (secondary N) is 1. The average Bonchev–Trinajstić information content (AvgIpc) is 2.78. The zero-order chi connectivity index (χ0) is 21.8. The fraction of sp³-hybridized carbons (Fsp3) is 0.227. The summed E-state index contributed by atoms with van der Waals surface area (Å²) in [5.74, 6) is 0. The van der Waals surface area contributed by atoms with Crippen molar-refractivity contribution in [1.82, 2.24) is 4.98 Å². The Hall–Kier alpha value is -3.10. The molecular formula is C22H26N4O3S. The first-order valence-corrected chi connectivity index (χ1v) is 11.0. The zero-order valence-electron chi connectivity index (χ0n) is 17.3. The van der Waals surface area contributed by atoms with Crippen LogP contribution in [0.1, 0.15) is 26.0 Å². The van der Waals surface area contributed by atoms with Crippen LogP contribution in [0, 0.1) is 0 Å². The second kappa shape index (κ2) is 11.8. The molecule has 0 atom stereocenters. The molecular weight excluding hydrogens is 400 g/mol. The van der Waals surface area contributed by atoms with Gasteiger partial charge in [-0.25, -0.2) is 0 Å². The average molecular weight is 427 g/mol. The molecule has 7 nitrogen and oxygen atoms in total. The third-order valence-electron chi connectivity index (χ3n) is 3.69. The molecule has 0 unspecified atom stereocenters. The van der Waals surface area contributed by atoms with Crippen LogP contribution in [0.25, 0.3) is 0 Å². The molecule has 0 aliphatic heterocycles. The van der Waals surface area contributed by atoms with E-state index in [1.54, 1.807) is 18.3 Å². The summed E-state index contributed by atoms with van der Waals surface area (Å²) in [5.41, 5.74) is 3.14. The van der Waals surface area contributed by atoms with Gasteiger partial charge in [0.05, 0.1) is 35.6 Å². The summed E-state index contributed by atoms with van der Waals surface area (Å²) in [4.78, 5) is 4.34. The third kappa shape index (κ3) is 7.38. The van der Waals surface area contributed by atoms with Crippen LogP contribution < -0.4 is 5.32 Å². The maximum atomic E-state index is 11.6. The summed E-state index contributed by atoms with van der Waals surface area (Å²) >= 11 is 0. The van der Waals surface area contributed by atoms with Gasteiger partial charge in [-0.05, 0) is 60.7 Å². The van der Waals surface area contributed by atoms with Gasteiger partial charge in [0.15, 0.2) is 0 Å². The summed E-state index contributed by atoms with van der Waals surface area (Å²) in [7, 11) is -2.57. The molecule has 30 heavy (non-hydrogen) atoms. The molecule has 0 bridgehead atoms. The van der Waals surface area contributed by atoms with Crippen molar-refractivity contribution >= 4 is 27.2 Å². The van der Waals surface area contributed by atoms with Crippen LogP contribution in [0.5, 0.6) is 0 Å². The lowest BCUT2D eigenvalue weighted by molar-refractivity contribution is 0.398. The first-order valence-electron chi connectivity index (χ1n) is 9.54. The van der Waals surface area contributed by atoms with E-state index < -0.39 is 10.1 Å². The minimum Gasteiger partial charge on any atom is -0.379 e. The number of anilines is 1. The lowest BCUT2D eigenvalue weighted by Gasteiger charge is -2.05. The number of benzene rings is 2. The van der Waals surface area contributed by atoms with Crippen molar-refractivity contribution in [3.05, 3.63) is 78.6 Å². The Bertz CT molecular complexity index is 1020. The highest BCUT2D eigenvalue weighted by molar-refractivity contribution is 7.86. The van der Waals surface area contributed by atoms with E-state index in [4.69, 9.17) is 0 Å². The van der Waals surface area contributed by atoms with Gasteiger partial charge < -0.3 is 5.32 Å². The van der Waals surface area contributed by atoms with E-state index in [1.807, 2.05) is 42.5 Å². The van der Waals surface area contributed by atoms with Crippen LogP contribution in [0.4, 0.5) is 17.1 Å². The molecule has 2 aromatic carbocycles. The van der Waals surface area contributed by atoms with Gasteiger partial charge >= 0.3 is 0 Å². The monoisotopic (exact) mass is 426 g/mol. The van der Waals surface area contributed by atoms with Crippen LogP contribution in [0.3, 0.4) is 0 Å². The lowest BCUT2D eigenvalue weighted by Crippen LogP contribution is -2.01. The van der Waals surface area contributed by atoms with Crippen molar-refractivity contribution < 1.29 is 12.6 Å². The number of aromatic nitrogens is 1. The summed E-state index contributed by atoms with van der Waals surface area (Å²) in [6.45, 7) is 4.89. The van der Waals surface area contributed by atoms with Crippen LogP contribution in [-0.4, -0.2) is 20.5 Å². The summed E-state index contributed by atoms with van der Waals surface area (Å²) in [5, 5.41) is 11.5. The molecule has 0 aliphatic rings. The molecule has 0 spiro atoms. The smallest absolute Gasteiger partial charge is 0.296 e. The Balaban J connectivity index is 0.00000101. The van der Waals surface area contributed by atoms with Gasteiger partial charge in [0, 0.05) is 11.9 Å². The molecule has 0 radical (unpaired) electrons. The Morgan fingerprint density at radius 2 is 1.47 bits per heavy atom. The molecule has 0 saturated heterocycles. The van der Waals surface area contributed by atoms with Crippen LogP contribution in [0.2, 0.25) is 0 Å². The predicted octanol–water partition coefficient (Wildman–Crippen LogP) is 5.86. The molecule has 3 aromatic rings. The first kappa shape index (κ1) is 23.2. The second-order valence-corrected chi connectivity index (χ2v) is 7.96. The Morgan fingerprint density at radius 3 is 1.97 bits per heavy atom. The van der Waals surface area contributed by atoms with Gasteiger partial charge in [-0.2, -0.15) is 18.6 Å². The molecule has 0 aliphatic carbocycles. The van der Waals surface area contributed by atoms with Gasteiger partial charge in [-0.1, -0.05) is 26.3 Å². The Labute approximate surface area is 178 Å². The summed E-state index contributed by atoms with van der Waals surface area (Å²) < 4.78 is 27.6. The number of nitrogens with zero attached hydrogens (tertiary/aromatic N) is 3. The van der Waals surface area contributed by atoms with E-state index in [9.17, 15) is 8.42 Å². The molecule has 3 rings (SSSR count). The molecule has 1 heterocycles. The van der Waals surface area contributed by atoms with E-state index in [2.05, 4.69) is 38.6 Å². The van der Waals surface area contributed by atoms with Crippen LogP contribution in [-0.2, 0) is 20.8 Å². The van der Waals surface area contributed by atoms with Crippen molar-refractivity contribution in [2.75, 3.05) is 12.4 Å². The topological polar surface area (TPSA) is 93.0 Å². The minimum atomic E-state index is -3.70. The Morgan fingerprint density at radius 1 is 0.900 bits per heavy atom. The van der Waals surface area contributed by atoms with Crippen molar-refractivity contribution in [3.63, 3.8) is 0 Å². The van der Waals surface area contributed by atoms with E-state index in [0.29, 0.717) is 17.9 Å². The molecule has 1 aromatic heterocycles. The van der Waals surface area contributed by atoms with Gasteiger partial charge in [0.25, 0.3) is 10.1 Å². The first-order chi connectivity index (χ1) is 14.5. The lowest BCUT2D eigenvalue weighted by atomic mass is 10.2. The van der Waals surface area contributed by atoms with E-state index in [1.165, 1.54) is 18.6 Å². The van der Waals surface area contributed by atoms with Crippen molar-refractivity contribution in [2.24, 2.45) is 10.2 Å². The normalized spacial score (nSPS) is 11.0. The number of hydrogen-bond donors (Lipinski definition) is 1.